The third-order valence-corrected chi connectivity index (χ3v) is 3.59. The van der Waals surface area contributed by atoms with Gasteiger partial charge in [-0.2, -0.15) is 0 Å². The van der Waals surface area contributed by atoms with Crippen LogP contribution in [0, 0.1) is 0 Å². The summed E-state index contributed by atoms with van der Waals surface area (Å²) in [5.74, 6) is -0.991. The van der Waals surface area contributed by atoms with Crippen molar-refractivity contribution in [2.45, 2.75) is 25.4 Å². The summed E-state index contributed by atoms with van der Waals surface area (Å²) in [7, 11) is 0. The first-order chi connectivity index (χ1) is 10.1. The number of carboxylic acid groups (broad SMARTS) is 1. The predicted molar refractivity (Wildman–Crippen MR) is 72.1 cm³/mol. The number of hydrogen-bond acceptors (Lipinski definition) is 6. The van der Waals surface area contributed by atoms with Crippen molar-refractivity contribution in [3.05, 3.63) is 12.7 Å². The Labute approximate surface area is 119 Å². The molecule has 3 heterocycles. The molecular weight excluding hydrogens is 276 g/mol. The standard InChI is InChI=1S/C12H14N6O3/c13-10-9-11(15-5-14-10)17(6-16-9)4-8(19)18-3-1-2-7(18)12(20)21/h5-7H,1-4H2,(H,20,21)(H2,13,14,15)/t7-/m0/s1. The van der Waals surface area contributed by atoms with Gasteiger partial charge in [0.25, 0.3) is 0 Å². The van der Waals surface area contributed by atoms with Crippen LogP contribution in [0.1, 0.15) is 12.8 Å². The van der Waals surface area contributed by atoms with E-state index in [1.165, 1.54) is 17.6 Å². The molecule has 1 aliphatic rings. The lowest BCUT2D eigenvalue weighted by Gasteiger charge is -2.21. The van der Waals surface area contributed by atoms with Gasteiger partial charge in [0.2, 0.25) is 5.91 Å². The molecule has 0 bridgehead atoms. The molecule has 110 valence electrons. The zero-order valence-corrected chi connectivity index (χ0v) is 11.1. The van der Waals surface area contributed by atoms with E-state index in [0.717, 1.165) is 0 Å². The fourth-order valence-corrected chi connectivity index (χ4v) is 2.57. The minimum absolute atomic E-state index is 0.0171. The fraction of sp³-hybridized carbons (Fsp3) is 0.417. The number of imidazole rings is 1. The molecule has 2 aromatic rings. The van der Waals surface area contributed by atoms with Gasteiger partial charge in [0, 0.05) is 6.54 Å². The van der Waals surface area contributed by atoms with Crippen LogP contribution in [0.15, 0.2) is 12.7 Å². The van der Waals surface area contributed by atoms with E-state index in [4.69, 9.17) is 10.8 Å². The molecule has 0 unspecified atom stereocenters. The second kappa shape index (κ2) is 5.00. The molecular formula is C12H14N6O3. The van der Waals surface area contributed by atoms with Crippen LogP contribution in [0.4, 0.5) is 5.82 Å². The lowest BCUT2D eigenvalue weighted by atomic mass is 10.2. The van der Waals surface area contributed by atoms with Crippen LogP contribution in [0.3, 0.4) is 0 Å². The summed E-state index contributed by atoms with van der Waals surface area (Å²) in [4.78, 5) is 36.8. The molecule has 1 saturated heterocycles. The molecule has 3 N–H and O–H groups in total. The molecule has 1 aliphatic heterocycles. The van der Waals surface area contributed by atoms with Gasteiger partial charge in [0.15, 0.2) is 11.5 Å². The number of fused-ring (bicyclic) bond motifs is 1. The van der Waals surface area contributed by atoms with E-state index in [9.17, 15) is 9.59 Å². The number of hydrogen-bond donors (Lipinski definition) is 2. The average molecular weight is 290 g/mol. The van der Waals surface area contributed by atoms with Gasteiger partial charge in [-0.3, -0.25) is 4.79 Å². The topological polar surface area (TPSA) is 127 Å². The zero-order chi connectivity index (χ0) is 15.0. The molecule has 0 spiro atoms. The Morgan fingerprint density at radius 2 is 2.19 bits per heavy atom. The zero-order valence-electron chi connectivity index (χ0n) is 11.1. The Kier molecular flexibility index (Phi) is 3.16. The molecule has 1 atom stereocenters. The molecule has 1 amide bonds. The van der Waals surface area contributed by atoms with Gasteiger partial charge in [-0.15, -0.1) is 0 Å². The molecule has 9 heteroatoms. The highest BCUT2D eigenvalue weighted by Gasteiger charge is 2.33. The van der Waals surface area contributed by atoms with Crippen molar-refractivity contribution >= 4 is 28.9 Å². The number of carboxylic acids is 1. The Morgan fingerprint density at radius 3 is 2.95 bits per heavy atom. The number of nitrogens with two attached hydrogens (primary N) is 1. The Hall–Kier alpha value is -2.71. The van der Waals surface area contributed by atoms with E-state index in [-0.39, 0.29) is 18.3 Å². The number of rotatable bonds is 3. The van der Waals surface area contributed by atoms with Gasteiger partial charge in [0.05, 0.1) is 6.33 Å². The number of nitrogen functional groups attached to an aromatic ring is 1. The summed E-state index contributed by atoms with van der Waals surface area (Å²) in [6.07, 6.45) is 3.94. The summed E-state index contributed by atoms with van der Waals surface area (Å²) >= 11 is 0. The lowest BCUT2D eigenvalue weighted by Crippen LogP contribution is -2.42. The van der Waals surface area contributed by atoms with Crippen molar-refractivity contribution in [3.63, 3.8) is 0 Å². The van der Waals surface area contributed by atoms with E-state index in [1.54, 1.807) is 4.57 Å². The number of carbonyl (C=O) groups excluding carboxylic acids is 1. The maximum atomic E-state index is 12.3. The third kappa shape index (κ3) is 2.26. The van der Waals surface area contributed by atoms with Gasteiger partial charge < -0.3 is 20.3 Å². The molecule has 1 fully saturated rings. The lowest BCUT2D eigenvalue weighted by molar-refractivity contribution is -0.148. The summed E-state index contributed by atoms with van der Waals surface area (Å²) in [5, 5.41) is 9.12. The second-order valence-corrected chi connectivity index (χ2v) is 4.89. The maximum absolute atomic E-state index is 12.3. The first-order valence-electron chi connectivity index (χ1n) is 6.51. The largest absolute Gasteiger partial charge is 0.480 e. The smallest absolute Gasteiger partial charge is 0.326 e. The highest BCUT2D eigenvalue weighted by molar-refractivity contribution is 5.86. The van der Waals surface area contributed by atoms with Crippen molar-refractivity contribution in [1.82, 2.24) is 24.4 Å². The third-order valence-electron chi connectivity index (χ3n) is 3.59. The fourth-order valence-electron chi connectivity index (χ4n) is 2.57. The molecule has 0 saturated carbocycles. The van der Waals surface area contributed by atoms with Crippen LogP contribution in [0.2, 0.25) is 0 Å². The van der Waals surface area contributed by atoms with Crippen molar-refractivity contribution in [3.8, 4) is 0 Å². The predicted octanol–water partition coefficient (Wildman–Crippen LogP) is -0.516. The number of likely N-dealkylation sites (tertiary alicyclic amines) is 1. The number of aromatic nitrogens is 4. The maximum Gasteiger partial charge on any atom is 0.326 e. The minimum atomic E-state index is -0.970. The summed E-state index contributed by atoms with van der Waals surface area (Å²) in [5.41, 5.74) is 6.58. The molecule has 0 aliphatic carbocycles. The van der Waals surface area contributed by atoms with Gasteiger partial charge in [-0.25, -0.2) is 19.7 Å². The van der Waals surface area contributed by atoms with E-state index in [0.29, 0.717) is 30.6 Å². The Morgan fingerprint density at radius 1 is 1.38 bits per heavy atom. The number of anilines is 1. The monoisotopic (exact) mass is 290 g/mol. The van der Waals surface area contributed by atoms with E-state index in [1.807, 2.05) is 0 Å². The van der Waals surface area contributed by atoms with E-state index >= 15 is 0 Å². The van der Waals surface area contributed by atoms with Crippen LogP contribution in [0.25, 0.3) is 11.2 Å². The first-order valence-corrected chi connectivity index (χ1v) is 6.51. The van der Waals surface area contributed by atoms with E-state index < -0.39 is 12.0 Å². The first kappa shape index (κ1) is 13.3. The molecule has 3 rings (SSSR count). The molecule has 0 radical (unpaired) electrons. The molecule has 21 heavy (non-hydrogen) atoms. The quantitative estimate of drug-likeness (QED) is 0.778. The average Bonchev–Trinajstić information content (AvgIpc) is 3.06. The number of aliphatic carboxylic acids is 1. The number of nitrogens with zero attached hydrogens (tertiary/aromatic N) is 5. The Bertz CT molecular complexity index is 712. The summed E-state index contributed by atoms with van der Waals surface area (Å²) in [6.45, 7) is 0.441. The van der Waals surface area contributed by atoms with Crippen LogP contribution < -0.4 is 5.73 Å². The SMILES string of the molecule is Nc1ncnc2c1ncn2CC(=O)N1CCC[C@H]1C(=O)O. The van der Waals surface area contributed by atoms with Gasteiger partial charge in [-0.05, 0) is 12.8 Å². The van der Waals surface area contributed by atoms with Crippen molar-refractivity contribution in [2.75, 3.05) is 12.3 Å². The van der Waals surface area contributed by atoms with Crippen molar-refractivity contribution in [2.24, 2.45) is 0 Å². The van der Waals surface area contributed by atoms with Gasteiger partial charge in [0.1, 0.15) is 24.4 Å². The number of carbonyl (C=O) groups is 2. The summed E-state index contributed by atoms with van der Waals surface area (Å²) in [6, 6.07) is -0.744. The van der Waals surface area contributed by atoms with Gasteiger partial charge >= 0.3 is 5.97 Å². The van der Waals surface area contributed by atoms with Gasteiger partial charge in [-0.1, -0.05) is 0 Å². The van der Waals surface area contributed by atoms with Crippen LogP contribution in [-0.4, -0.2) is 54.0 Å². The van der Waals surface area contributed by atoms with Crippen LogP contribution >= 0.6 is 0 Å². The molecule has 0 aromatic carbocycles. The highest BCUT2D eigenvalue weighted by Crippen LogP contribution is 2.19. The molecule has 2 aromatic heterocycles. The highest BCUT2D eigenvalue weighted by atomic mass is 16.4. The minimum Gasteiger partial charge on any atom is -0.480 e. The second-order valence-electron chi connectivity index (χ2n) is 4.89. The van der Waals surface area contributed by atoms with Crippen LogP contribution in [0.5, 0.6) is 0 Å². The van der Waals surface area contributed by atoms with Crippen LogP contribution in [-0.2, 0) is 16.1 Å². The normalized spacial score (nSPS) is 18.3. The summed E-state index contributed by atoms with van der Waals surface area (Å²) < 4.78 is 1.55. The Balaban J connectivity index is 1.84. The van der Waals surface area contributed by atoms with Crippen molar-refractivity contribution in [1.29, 1.82) is 0 Å². The van der Waals surface area contributed by atoms with E-state index in [2.05, 4.69) is 15.0 Å². The number of amides is 1. The molecule has 9 nitrogen and oxygen atoms in total. The van der Waals surface area contributed by atoms with Crippen molar-refractivity contribution < 1.29 is 14.7 Å².